The highest BCUT2D eigenvalue weighted by Gasteiger charge is 2.23. The van der Waals surface area contributed by atoms with Crippen LogP contribution in [0, 0.1) is 6.92 Å². The van der Waals surface area contributed by atoms with E-state index in [-0.39, 0.29) is 18.4 Å². The Labute approximate surface area is 210 Å². The Balaban J connectivity index is 1.21. The predicted molar refractivity (Wildman–Crippen MR) is 140 cm³/mol. The maximum atomic E-state index is 13.0. The van der Waals surface area contributed by atoms with Crippen molar-refractivity contribution in [2.24, 2.45) is 0 Å². The fraction of sp³-hybridized carbons (Fsp3) is 0.207. The Bertz CT molecular complexity index is 1340. The van der Waals surface area contributed by atoms with Crippen molar-refractivity contribution in [1.82, 2.24) is 15.2 Å². The van der Waals surface area contributed by atoms with Crippen LogP contribution in [0.2, 0.25) is 0 Å². The number of nitrogens with zero attached hydrogens (tertiary/aromatic N) is 3. The molecular formula is C29H28N4O3. The van der Waals surface area contributed by atoms with E-state index in [9.17, 15) is 9.59 Å². The van der Waals surface area contributed by atoms with Gasteiger partial charge in [0.1, 0.15) is 0 Å². The van der Waals surface area contributed by atoms with Crippen molar-refractivity contribution in [3.8, 4) is 22.8 Å². The molecular weight excluding hydrogens is 452 g/mol. The predicted octanol–water partition coefficient (Wildman–Crippen LogP) is 4.40. The molecule has 36 heavy (non-hydrogen) atoms. The van der Waals surface area contributed by atoms with E-state index in [1.54, 1.807) is 29.3 Å². The van der Waals surface area contributed by atoms with Crippen molar-refractivity contribution in [3.05, 3.63) is 96.2 Å². The number of hydrogen-bond acceptors (Lipinski definition) is 5. The van der Waals surface area contributed by atoms with Crippen LogP contribution in [0.25, 0.3) is 22.8 Å². The lowest BCUT2D eigenvalue weighted by Gasteiger charge is -2.36. The molecule has 1 aliphatic rings. The van der Waals surface area contributed by atoms with Gasteiger partial charge in [0.2, 0.25) is 11.8 Å². The summed E-state index contributed by atoms with van der Waals surface area (Å²) in [5.41, 5.74) is 4.23. The van der Waals surface area contributed by atoms with Gasteiger partial charge in [0, 0.05) is 43.0 Å². The highest BCUT2D eigenvalue weighted by Crippen LogP contribution is 2.28. The van der Waals surface area contributed by atoms with Crippen molar-refractivity contribution < 1.29 is 14.0 Å². The number of oxazole rings is 1. The van der Waals surface area contributed by atoms with Crippen LogP contribution in [-0.2, 0) is 4.79 Å². The average molecular weight is 481 g/mol. The Morgan fingerprint density at radius 1 is 0.889 bits per heavy atom. The first-order valence-corrected chi connectivity index (χ1v) is 12.1. The molecule has 5 rings (SSSR count). The molecule has 0 aliphatic carbocycles. The Hall–Kier alpha value is -4.39. The van der Waals surface area contributed by atoms with Gasteiger partial charge < -0.3 is 19.5 Å². The second-order valence-corrected chi connectivity index (χ2v) is 8.83. The number of carbonyl (C=O) groups excluding carboxylic acids is 2. The zero-order valence-corrected chi connectivity index (χ0v) is 20.2. The number of carbonyl (C=O) groups is 2. The van der Waals surface area contributed by atoms with Gasteiger partial charge in [-0.25, -0.2) is 4.98 Å². The summed E-state index contributed by atoms with van der Waals surface area (Å²) in [6.45, 7) is 4.75. The van der Waals surface area contributed by atoms with Crippen molar-refractivity contribution in [1.29, 1.82) is 0 Å². The van der Waals surface area contributed by atoms with Crippen LogP contribution < -0.4 is 10.2 Å². The fourth-order valence-electron chi connectivity index (χ4n) is 4.33. The smallest absolute Gasteiger partial charge is 0.252 e. The van der Waals surface area contributed by atoms with Crippen LogP contribution in [-0.4, -0.2) is 54.4 Å². The number of aromatic nitrogens is 1. The van der Waals surface area contributed by atoms with Gasteiger partial charge in [-0.05, 0) is 31.2 Å². The molecule has 7 nitrogen and oxygen atoms in total. The molecule has 0 spiro atoms. The van der Waals surface area contributed by atoms with Crippen LogP contribution in [0.15, 0.2) is 89.5 Å². The van der Waals surface area contributed by atoms with E-state index in [2.05, 4.69) is 27.3 Å². The van der Waals surface area contributed by atoms with E-state index >= 15 is 0 Å². The molecule has 1 N–H and O–H groups in total. The number of nitrogens with one attached hydrogen (secondary N) is 1. The average Bonchev–Trinajstić information content (AvgIpc) is 3.43. The van der Waals surface area contributed by atoms with Crippen LogP contribution in [0.5, 0.6) is 0 Å². The molecule has 0 bridgehead atoms. The van der Waals surface area contributed by atoms with Crippen LogP contribution >= 0.6 is 0 Å². The number of hydrogen-bond donors (Lipinski definition) is 1. The molecule has 0 radical (unpaired) electrons. The highest BCUT2D eigenvalue weighted by atomic mass is 16.4. The Kier molecular flexibility index (Phi) is 6.80. The van der Waals surface area contributed by atoms with Gasteiger partial charge in [0.25, 0.3) is 5.91 Å². The molecule has 182 valence electrons. The Morgan fingerprint density at radius 3 is 2.33 bits per heavy atom. The summed E-state index contributed by atoms with van der Waals surface area (Å²) in [5.74, 6) is 0.563. The molecule has 1 aromatic heterocycles. The van der Waals surface area contributed by atoms with Gasteiger partial charge >= 0.3 is 0 Å². The maximum Gasteiger partial charge on any atom is 0.252 e. The largest absolute Gasteiger partial charge is 0.436 e. The Morgan fingerprint density at radius 2 is 1.58 bits per heavy atom. The van der Waals surface area contributed by atoms with Gasteiger partial charge in [-0.3, -0.25) is 9.59 Å². The van der Waals surface area contributed by atoms with Gasteiger partial charge in [-0.1, -0.05) is 60.2 Å². The quantitative estimate of drug-likeness (QED) is 0.443. The van der Waals surface area contributed by atoms with Crippen molar-refractivity contribution in [2.45, 2.75) is 6.92 Å². The molecule has 1 aliphatic heterocycles. The van der Waals surface area contributed by atoms with Crippen molar-refractivity contribution >= 4 is 17.5 Å². The third-order valence-corrected chi connectivity index (χ3v) is 6.40. The number of anilines is 1. The molecule has 1 fully saturated rings. The van der Waals surface area contributed by atoms with E-state index in [0.29, 0.717) is 35.9 Å². The zero-order chi connectivity index (χ0) is 24.9. The minimum atomic E-state index is -0.336. The summed E-state index contributed by atoms with van der Waals surface area (Å²) in [6.07, 6.45) is 1.66. The molecule has 0 atom stereocenters. The fourth-order valence-corrected chi connectivity index (χ4v) is 4.33. The van der Waals surface area contributed by atoms with Crippen LogP contribution in [0.3, 0.4) is 0 Å². The number of piperazine rings is 1. The van der Waals surface area contributed by atoms with E-state index in [4.69, 9.17) is 4.42 Å². The monoisotopic (exact) mass is 480 g/mol. The summed E-state index contributed by atoms with van der Waals surface area (Å²) in [5, 5.41) is 2.78. The SMILES string of the molecule is Cc1ccc(-c2cnc(-c3ccccc3C(=O)NCC(=O)N3CCN(c4ccccc4)CC3)o2)cc1. The van der Waals surface area contributed by atoms with Crippen molar-refractivity contribution in [3.63, 3.8) is 0 Å². The summed E-state index contributed by atoms with van der Waals surface area (Å²) in [6, 6.07) is 25.3. The minimum absolute atomic E-state index is 0.0568. The van der Waals surface area contributed by atoms with Crippen LogP contribution in [0.1, 0.15) is 15.9 Å². The summed E-state index contributed by atoms with van der Waals surface area (Å²) >= 11 is 0. The van der Waals surface area contributed by atoms with E-state index in [1.165, 1.54) is 0 Å². The molecule has 4 aromatic rings. The number of benzene rings is 3. The maximum absolute atomic E-state index is 13.0. The molecule has 1 saturated heterocycles. The lowest BCUT2D eigenvalue weighted by molar-refractivity contribution is -0.130. The summed E-state index contributed by atoms with van der Waals surface area (Å²) < 4.78 is 5.98. The lowest BCUT2D eigenvalue weighted by atomic mass is 10.1. The number of rotatable bonds is 6. The topological polar surface area (TPSA) is 78.7 Å². The molecule has 7 heteroatoms. The van der Waals surface area contributed by atoms with Crippen LogP contribution in [0.4, 0.5) is 5.69 Å². The zero-order valence-electron chi connectivity index (χ0n) is 20.2. The number of amides is 2. The van der Waals surface area contributed by atoms with E-state index in [1.807, 2.05) is 55.5 Å². The number of para-hydroxylation sites is 1. The van der Waals surface area contributed by atoms with Gasteiger partial charge in [-0.2, -0.15) is 0 Å². The minimum Gasteiger partial charge on any atom is -0.436 e. The molecule has 3 aromatic carbocycles. The third-order valence-electron chi connectivity index (χ3n) is 6.40. The van der Waals surface area contributed by atoms with Gasteiger partial charge in [0.05, 0.1) is 18.3 Å². The second kappa shape index (κ2) is 10.5. The molecule has 0 unspecified atom stereocenters. The lowest BCUT2D eigenvalue weighted by Crippen LogP contribution is -2.51. The third kappa shape index (κ3) is 5.15. The standard InChI is InChI=1S/C29H28N4O3/c1-21-11-13-22(14-12-21)26-19-31-29(36-26)25-10-6-5-9-24(25)28(35)30-20-27(34)33-17-15-32(16-18-33)23-7-3-2-4-8-23/h2-14,19H,15-18,20H2,1H3,(H,30,35). The molecule has 2 heterocycles. The first kappa shape index (κ1) is 23.4. The molecule has 0 saturated carbocycles. The highest BCUT2D eigenvalue weighted by molar-refractivity contribution is 6.01. The second-order valence-electron chi connectivity index (χ2n) is 8.83. The van der Waals surface area contributed by atoms with Crippen molar-refractivity contribution in [2.75, 3.05) is 37.6 Å². The summed E-state index contributed by atoms with van der Waals surface area (Å²) in [4.78, 5) is 34.3. The number of aryl methyl sites for hydroxylation is 1. The van der Waals surface area contributed by atoms with E-state index < -0.39 is 0 Å². The molecule has 2 amide bonds. The normalized spacial score (nSPS) is 13.5. The first-order valence-electron chi connectivity index (χ1n) is 12.1. The van der Waals surface area contributed by atoms with Gasteiger partial charge in [-0.15, -0.1) is 0 Å². The first-order chi connectivity index (χ1) is 17.6. The van der Waals surface area contributed by atoms with Gasteiger partial charge in [0.15, 0.2) is 5.76 Å². The summed E-state index contributed by atoms with van der Waals surface area (Å²) in [7, 11) is 0. The van der Waals surface area contributed by atoms with E-state index in [0.717, 1.165) is 29.9 Å².